The molecular formula is C14H11ClFIO. The second-order valence-electron chi connectivity index (χ2n) is 4.02. The highest BCUT2D eigenvalue weighted by molar-refractivity contribution is 14.1. The molecule has 0 fully saturated rings. The van der Waals surface area contributed by atoms with Gasteiger partial charge in [-0.3, -0.25) is 0 Å². The van der Waals surface area contributed by atoms with E-state index in [1.165, 1.54) is 6.07 Å². The fraction of sp³-hybridized carbons (Fsp3) is 0.143. The Morgan fingerprint density at radius 3 is 2.44 bits per heavy atom. The maximum Gasteiger partial charge on any atom is 0.141 e. The van der Waals surface area contributed by atoms with Crippen LogP contribution in [0.15, 0.2) is 42.5 Å². The maximum atomic E-state index is 13.0. The van der Waals surface area contributed by atoms with E-state index in [1.807, 2.05) is 24.3 Å². The molecule has 0 amide bonds. The molecule has 2 aromatic carbocycles. The van der Waals surface area contributed by atoms with Gasteiger partial charge in [0.25, 0.3) is 0 Å². The van der Waals surface area contributed by atoms with Gasteiger partial charge in [0.1, 0.15) is 5.82 Å². The second kappa shape index (κ2) is 5.99. The molecule has 0 radical (unpaired) electrons. The first kappa shape index (κ1) is 13.8. The van der Waals surface area contributed by atoms with Crippen molar-refractivity contribution in [2.75, 3.05) is 0 Å². The highest BCUT2D eigenvalue weighted by Crippen LogP contribution is 2.22. The number of halogens is 3. The van der Waals surface area contributed by atoms with E-state index in [2.05, 4.69) is 22.6 Å². The van der Waals surface area contributed by atoms with Crippen molar-refractivity contribution in [2.24, 2.45) is 0 Å². The van der Waals surface area contributed by atoms with E-state index >= 15 is 0 Å². The molecule has 18 heavy (non-hydrogen) atoms. The summed E-state index contributed by atoms with van der Waals surface area (Å²) in [6.45, 7) is 0. The van der Waals surface area contributed by atoms with E-state index in [9.17, 15) is 9.50 Å². The Kier molecular flexibility index (Phi) is 4.59. The molecule has 2 rings (SSSR count). The first-order chi connectivity index (χ1) is 8.56. The van der Waals surface area contributed by atoms with Crippen molar-refractivity contribution >= 4 is 34.2 Å². The molecule has 1 N–H and O–H groups in total. The molecule has 1 atom stereocenters. The third-order valence-corrected chi connectivity index (χ3v) is 3.68. The van der Waals surface area contributed by atoms with Crippen molar-refractivity contribution in [2.45, 2.75) is 12.5 Å². The largest absolute Gasteiger partial charge is 0.388 e. The Morgan fingerprint density at radius 1 is 1.17 bits per heavy atom. The Labute approximate surface area is 124 Å². The molecular weight excluding hydrogens is 366 g/mol. The van der Waals surface area contributed by atoms with Gasteiger partial charge in [0.2, 0.25) is 0 Å². The first-order valence-corrected chi connectivity index (χ1v) is 6.89. The van der Waals surface area contributed by atoms with Crippen molar-refractivity contribution in [3.8, 4) is 0 Å². The number of hydrogen-bond donors (Lipinski definition) is 1. The van der Waals surface area contributed by atoms with Crippen LogP contribution in [0.25, 0.3) is 0 Å². The monoisotopic (exact) mass is 376 g/mol. The van der Waals surface area contributed by atoms with E-state index in [-0.39, 0.29) is 5.02 Å². The lowest BCUT2D eigenvalue weighted by Crippen LogP contribution is -2.02. The van der Waals surface area contributed by atoms with Gasteiger partial charge in [0.15, 0.2) is 0 Å². The number of aliphatic hydroxyl groups excluding tert-OH is 1. The predicted octanol–water partition coefficient (Wildman–Crippen LogP) is 4.36. The predicted molar refractivity (Wildman–Crippen MR) is 79.2 cm³/mol. The van der Waals surface area contributed by atoms with Gasteiger partial charge in [-0.1, -0.05) is 29.8 Å². The molecule has 1 unspecified atom stereocenters. The van der Waals surface area contributed by atoms with E-state index < -0.39 is 11.9 Å². The lowest BCUT2D eigenvalue weighted by atomic mass is 10.0. The fourth-order valence-electron chi connectivity index (χ4n) is 1.69. The van der Waals surface area contributed by atoms with E-state index in [0.717, 1.165) is 14.7 Å². The van der Waals surface area contributed by atoms with E-state index in [1.54, 1.807) is 12.1 Å². The summed E-state index contributed by atoms with van der Waals surface area (Å²) in [6, 6.07) is 12.2. The summed E-state index contributed by atoms with van der Waals surface area (Å²) in [4.78, 5) is 0. The minimum atomic E-state index is -0.608. The van der Waals surface area contributed by atoms with Crippen molar-refractivity contribution in [3.63, 3.8) is 0 Å². The maximum absolute atomic E-state index is 13.0. The molecule has 0 aliphatic heterocycles. The normalized spacial score (nSPS) is 12.4. The summed E-state index contributed by atoms with van der Waals surface area (Å²) >= 11 is 7.92. The SMILES string of the molecule is OC(Cc1ccc(F)c(Cl)c1)c1ccc(I)cc1. The summed E-state index contributed by atoms with van der Waals surface area (Å²) in [5.41, 5.74) is 1.66. The number of rotatable bonds is 3. The molecule has 0 aromatic heterocycles. The average molecular weight is 377 g/mol. The summed E-state index contributed by atoms with van der Waals surface area (Å²) in [5.74, 6) is -0.441. The molecule has 0 saturated heterocycles. The minimum Gasteiger partial charge on any atom is -0.388 e. The van der Waals surface area contributed by atoms with Crippen LogP contribution in [0.3, 0.4) is 0 Å². The third-order valence-electron chi connectivity index (χ3n) is 2.67. The van der Waals surface area contributed by atoms with Crippen LogP contribution in [0.2, 0.25) is 5.02 Å². The van der Waals surface area contributed by atoms with Crippen LogP contribution in [0.4, 0.5) is 4.39 Å². The molecule has 1 nitrogen and oxygen atoms in total. The van der Waals surface area contributed by atoms with Crippen LogP contribution in [0.5, 0.6) is 0 Å². The molecule has 0 aliphatic rings. The number of hydrogen-bond acceptors (Lipinski definition) is 1. The molecule has 0 heterocycles. The fourth-order valence-corrected chi connectivity index (χ4v) is 2.26. The molecule has 4 heteroatoms. The topological polar surface area (TPSA) is 20.2 Å². The standard InChI is InChI=1S/C14H11ClFIO/c15-12-7-9(1-6-13(12)16)8-14(18)10-2-4-11(17)5-3-10/h1-7,14,18H,8H2. The van der Waals surface area contributed by atoms with E-state index in [4.69, 9.17) is 11.6 Å². The van der Waals surface area contributed by atoms with E-state index in [0.29, 0.717) is 6.42 Å². The lowest BCUT2D eigenvalue weighted by Gasteiger charge is -2.11. The Balaban J connectivity index is 2.13. The lowest BCUT2D eigenvalue weighted by molar-refractivity contribution is 0.178. The van der Waals surface area contributed by atoms with Gasteiger partial charge >= 0.3 is 0 Å². The van der Waals surface area contributed by atoms with Crippen LogP contribution in [0.1, 0.15) is 17.2 Å². The first-order valence-electron chi connectivity index (χ1n) is 5.44. The van der Waals surface area contributed by atoms with Gasteiger partial charge in [-0.2, -0.15) is 0 Å². The highest BCUT2D eigenvalue weighted by atomic mass is 127. The van der Waals surface area contributed by atoms with Gasteiger partial charge in [-0.05, 0) is 58.0 Å². The summed E-state index contributed by atoms with van der Waals surface area (Å²) in [6.07, 6.45) is -0.191. The Bertz CT molecular complexity index is 542. The van der Waals surface area contributed by atoms with Crippen LogP contribution >= 0.6 is 34.2 Å². The zero-order chi connectivity index (χ0) is 13.1. The summed E-state index contributed by atoms with van der Waals surface area (Å²) in [5, 5.41) is 10.2. The summed E-state index contributed by atoms with van der Waals surface area (Å²) < 4.78 is 14.1. The Hall–Kier alpha value is -0.650. The number of aliphatic hydroxyl groups is 1. The molecule has 0 saturated carbocycles. The van der Waals surface area contributed by atoms with Crippen LogP contribution in [-0.2, 0) is 6.42 Å². The molecule has 0 bridgehead atoms. The van der Waals surface area contributed by atoms with Crippen molar-refractivity contribution in [3.05, 3.63) is 68.0 Å². The van der Waals surface area contributed by atoms with Gasteiger partial charge in [-0.15, -0.1) is 0 Å². The van der Waals surface area contributed by atoms with Crippen LogP contribution in [0, 0.1) is 9.39 Å². The number of benzene rings is 2. The van der Waals surface area contributed by atoms with Gasteiger partial charge < -0.3 is 5.11 Å². The zero-order valence-electron chi connectivity index (χ0n) is 9.41. The molecule has 0 aliphatic carbocycles. The third kappa shape index (κ3) is 3.43. The molecule has 94 valence electrons. The van der Waals surface area contributed by atoms with Crippen LogP contribution in [-0.4, -0.2) is 5.11 Å². The second-order valence-corrected chi connectivity index (χ2v) is 5.67. The zero-order valence-corrected chi connectivity index (χ0v) is 12.3. The summed E-state index contributed by atoms with van der Waals surface area (Å²) in [7, 11) is 0. The van der Waals surface area contributed by atoms with Gasteiger partial charge in [-0.25, -0.2) is 4.39 Å². The smallest absolute Gasteiger partial charge is 0.141 e. The molecule has 0 spiro atoms. The molecule has 2 aromatic rings. The Morgan fingerprint density at radius 2 is 1.83 bits per heavy atom. The average Bonchev–Trinajstić information content (AvgIpc) is 2.34. The van der Waals surface area contributed by atoms with Crippen LogP contribution < -0.4 is 0 Å². The minimum absolute atomic E-state index is 0.0855. The van der Waals surface area contributed by atoms with Crippen molar-refractivity contribution < 1.29 is 9.50 Å². The van der Waals surface area contributed by atoms with Crippen molar-refractivity contribution in [1.29, 1.82) is 0 Å². The van der Waals surface area contributed by atoms with Gasteiger partial charge in [0, 0.05) is 9.99 Å². The highest BCUT2D eigenvalue weighted by Gasteiger charge is 2.10. The van der Waals surface area contributed by atoms with Crippen molar-refractivity contribution in [1.82, 2.24) is 0 Å². The van der Waals surface area contributed by atoms with Gasteiger partial charge in [0.05, 0.1) is 11.1 Å². The quantitative estimate of drug-likeness (QED) is 0.789.